The number of aryl methyl sites for hydroxylation is 1. The van der Waals surface area contributed by atoms with Gasteiger partial charge in [0.1, 0.15) is 0 Å². The van der Waals surface area contributed by atoms with Crippen LogP contribution in [0.1, 0.15) is 18.4 Å². The third-order valence-electron chi connectivity index (χ3n) is 3.33. The highest BCUT2D eigenvalue weighted by Crippen LogP contribution is 2.23. The molecule has 126 valence electrons. The van der Waals surface area contributed by atoms with Gasteiger partial charge in [0.25, 0.3) is 9.06 Å². The first-order valence-corrected chi connectivity index (χ1v) is 10.7. The second kappa shape index (κ2) is 8.93. The van der Waals surface area contributed by atoms with Crippen molar-refractivity contribution >= 4 is 40.6 Å². The fraction of sp³-hybridized carbons (Fsp3) is 0.538. The molecular weight excluding hydrogens is 339 g/mol. The van der Waals surface area contributed by atoms with E-state index in [2.05, 4.69) is 43.6 Å². The van der Waals surface area contributed by atoms with Crippen molar-refractivity contribution in [3.63, 3.8) is 0 Å². The van der Waals surface area contributed by atoms with Gasteiger partial charge < -0.3 is 11.1 Å². The molecule has 0 spiro atoms. The summed E-state index contributed by atoms with van der Waals surface area (Å²) in [5.74, 6) is 0. The highest BCUT2D eigenvalue weighted by molar-refractivity contribution is 8.70. The van der Waals surface area contributed by atoms with Crippen LogP contribution < -0.4 is 16.2 Å². The Balaban J connectivity index is 0.000000346. The Morgan fingerprint density at radius 2 is 1.91 bits per heavy atom. The largest absolute Gasteiger partial charge is 0.397 e. The monoisotopic (exact) mass is 364 g/mol. The number of piperidine rings is 1. The molecule has 1 unspecified atom stereocenters. The maximum atomic E-state index is 9.74. The Morgan fingerprint density at radius 3 is 2.36 bits per heavy atom. The van der Waals surface area contributed by atoms with Gasteiger partial charge in [-0.3, -0.25) is 4.67 Å². The van der Waals surface area contributed by atoms with Crippen LogP contribution in [0, 0.1) is 6.92 Å². The number of nitrogen functional groups attached to an aromatic ring is 1. The summed E-state index contributed by atoms with van der Waals surface area (Å²) in [6.07, 6.45) is 3.77. The quantitative estimate of drug-likeness (QED) is 0.429. The lowest BCUT2D eigenvalue weighted by molar-refractivity contribution is 0.357. The number of rotatable bonds is 3. The lowest BCUT2D eigenvalue weighted by Crippen LogP contribution is -2.34. The summed E-state index contributed by atoms with van der Waals surface area (Å²) in [5, 5.41) is 8.01. The van der Waals surface area contributed by atoms with Gasteiger partial charge in [0.05, 0.1) is 11.4 Å². The van der Waals surface area contributed by atoms with E-state index in [-0.39, 0.29) is 0 Å². The van der Waals surface area contributed by atoms with E-state index >= 15 is 0 Å². The molecule has 1 aromatic carbocycles. The van der Waals surface area contributed by atoms with E-state index < -0.39 is 9.06 Å². The molecule has 1 aromatic rings. The second-order valence-electron chi connectivity index (χ2n) is 5.20. The van der Waals surface area contributed by atoms with Crippen LogP contribution in [0.15, 0.2) is 18.2 Å². The van der Waals surface area contributed by atoms with Gasteiger partial charge in [-0.15, -0.1) is 0 Å². The number of nitrogens with two attached hydrogens (primary N) is 2. The minimum atomic E-state index is -3.25. The van der Waals surface area contributed by atoms with Gasteiger partial charge in [0, 0.05) is 19.1 Å². The maximum absolute atomic E-state index is 9.74. The van der Waals surface area contributed by atoms with Crippen LogP contribution in [0.3, 0.4) is 0 Å². The molecule has 0 bridgehead atoms. The van der Waals surface area contributed by atoms with Gasteiger partial charge in [0.15, 0.2) is 0 Å². The average molecular weight is 364 g/mol. The zero-order chi connectivity index (χ0) is 16.8. The second-order valence-corrected chi connectivity index (χ2v) is 9.65. The SMILES string of the molecule is CSS(N)(=O)=O.Cc1ccc(NC2CCN(P)CC2)c(N)c1. The van der Waals surface area contributed by atoms with Crippen LogP contribution >= 0.6 is 20.2 Å². The molecule has 1 aliphatic rings. The van der Waals surface area contributed by atoms with Crippen molar-refractivity contribution in [1.29, 1.82) is 0 Å². The third-order valence-corrected chi connectivity index (χ3v) is 5.70. The first-order chi connectivity index (χ1) is 10.2. The molecular formula is C13H25N4O2PS2. The molecule has 0 aromatic heterocycles. The van der Waals surface area contributed by atoms with E-state index in [4.69, 9.17) is 5.73 Å². The summed E-state index contributed by atoms with van der Waals surface area (Å²) in [4.78, 5) is 0. The van der Waals surface area contributed by atoms with Crippen molar-refractivity contribution in [2.75, 3.05) is 30.4 Å². The molecule has 0 amide bonds. The lowest BCUT2D eigenvalue weighted by atomic mass is 10.1. The van der Waals surface area contributed by atoms with Gasteiger partial charge in [0.2, 0.25) is 0 Å². The van der Waals surface area contributed by atoms with Gasteiger partial charge in [-0.1, -0.05) is 15.5 Å². The summed E-state index contributed by atoms with van der Waals surface area (Å²) in [6, 6.07) is 6.76. The Bertz CT molecular complexity index is 575. The van der Waals surface area contributed by atoms with Gasteiger partial charge in [-0.2, -0.15) is 0 Å². The van der Waals surface area contributed by atoms with Crippen molar-refractivity contribution in [2.24, 2.45) is 5.14 Å². The van der Waals surface area contributed by atoms with Crippen LogP contribution in [0.2, 0.25) is 0 Å². The van der Waals surface area contributed by atoms with E-state index in [1.54, 1.807) is 0 Å². The topological polar surface area (TPSA) is 101 Å². The number of benzene rings is 1. The smallest absolute Gasteiger partial charge is 0.262 e. The fourth-order valence-electron chi connectivity index (χ4n) is 2.08. The minimum Gasteiger partial charge on any atom is -0.397 e. The molecule has 1 fully saturated rings. The number of hydrogen-bond acceptors (Lipinski definition) is 6. The summed E-state index contributed by atoms with van der Waals surface area (Å²) in [7, 11) is 0.154. The molecule has 5 N–H and O–H groups in total. The van der Waals surface area contributed by atoms with E-state index in [1.165, 1.54) is 24.7 Å². The normalized spacial score (nSPS) is 16.7. The van der Waals surface area contributed by atoms with Gasteiger partial charge in [-0.05, 0) is 54.5 Å². The van der Waals surface area contributed by atoms with Crippen molar-refractivity contribution < 1.29 is 8.42 Å². The zero-order valence-corrected chi connectivity index (χ0v) is 15.7. The standard InChI is InChI=1S/C12H20N3P.CH5NO2S2/c1-9-2-3-12(11(13)8-9)14-10-4-6-15(16)7-5-10;1-5-6(2,3)4/h2-3,8,10,14H,4-7,13,16H2,1H3;1H3,(H2,2,3,4). The molecule has 2 rings (SSSR count). The highest BCUT2D eigenvalue weighted by atomic mass is 33.1. The molecule has 0 saturated carbocycles. The van der Waals surface area contributed by atoms with Crippen LogP contribution in [-0.2, 0) is 9.06 Å². The Morgan fingerprint density at radius 1 is 1.36 bits per heavy atom. The summed E-state index contributed by atoms with van der Waals surface area (Å²) >= 11 is 0. The van der Waals surface area contributed by atoms with E-state index in [0.717, 1.165) is 24.5 Å². The predicted octanol–water partition coefficient (Wildman–Crippen LogP) is 1.80. The minimum absolute atomic E-state index is 0.557. The van der Waals surface area contributed by atoms with E-state index in [9.17, 15) is 8.42 Å². The molecule has 22 heavy (non-hydrogen) atoms. The fourth-order valence-corrected chi connectivity index (χ4v) is 2.38. The summed E-state index contributed by atoms with van der Waals surface area (Å²) in [6.45, 7) is 4.33. The number of anilines is 2. The Kier molecular flexibility index (Phi) is 7.93. The van der Waals surface area contributed by atoms with Crippen LogP contribution in [0.5, 0.6) is 0 Å². The first-order valence-electron chi connectivity index (χ1n) is 6.92. The summed E-state index contributed by atoms with van der Waals surface area (Å²) < 4.78 is 21.8. The molecule has 0 radical (unpaired) electrons. The number of hydrogen-bond donors (Lipinski definition) is 3. The van der Waals surface area contributed by atoms with Crippen molar-refractivity contribution in [2.45, 2.75) is 25.8 Å². The average Bonchev–Trinajstić information content (AvgIpc) is 2.44. The molecule has 1 heterocycles. The Hall–Kier alpha value is -0.530. The lowest BCUT2D eigenvalue weighted by Gasteiger charge is -2.30. The summed E-state index contributed by atoms with van der Waals surface area (Å²) in [5.41, 5.74) is 9.13. The molecule has 1 aliphatic heterocycles. The van der Waals surface area contributed by atoms with Crippen LogP contribution in [-0.4, -0.2) is 38.5 Å². The number of nitrogens with one attached hydrogen (secondary N) is 1. The maximum Gasteiger partial charge on any atom is 0.262 e. The van der Waals surface area contributed by atoms with E-state index in [0.29, 0.717) is 16.8 Å². The van der Waals surface area contributed by atoms with E-state index in [1.807, 2.05) is 6.07 Å². The van der Waals surface area contributed by atoms with Gasteiger partial charge >= 0.3 is 0 Å². The predicted molar refractivity (Wildman–Crippen MR) is 100 cm³/mol. The van der Waals surface area contributed by atoms with Crippen molar-refractivity contribution in [3.05, 3.63) is 23.8 Å². The van der Waals surface area contributed by atoms with Crippen LogP contribution in [0.25, 0.3) is 0 Å². The molecule has 6 nitrogen and oxygen atoms in total. The zero-order valence-electron chi connectivity index (χ0n) is 13.0. The van der Waals surface area contributed by atoms with Gasteiger partial charge in [-0.25, -0.2) is 13.6 Å². The third kappa shape index (κ3) is 7.65. The first kappa shape index (κ1) is 19.5. The van der Waals surface area contributed by atoms with Crippen molar-refractivity contribution in [3.8, 4) is 0 Å². The van der Waals surface area contributed by atoms with Crippen LogP contribution in [0.4, 0.5) is 11.4 Å². The molecule has 1 atom stereocenters. The van der Waals surface area contributed by atoms with Crippen molar-refractivity contribution in [1.82, 2.24) is 4.67 Å². The molecule has 0 aliphatic carbocycles. The molecule has 9 heteroatoms. The number of nitrogens with zero attached hydrogens (tertiary/aromatic N) is 1. The Labute approximate surface area is 139 Å². The molecule has 1 saturated heterocycles. The highest BCUT2D eigenvalue weighted by Gasteiger charge is 2.16.